The number of ether oxygens (including phenoxy) is 2. The molecule has 1 aromatic rings. The van der Waals surface area contributed by atoms with Gasteiger partial charge in [-0.05, 0) is 56.2 Å². The third-order valence-corrected chi connectivity index (χ3v) is 7.09. The van der Waals surface area contributed by atoms with Crippen LogP contribution in [0.15, 0.2) is 24.3 Å². The van der Waals surface area contributed by atoms with Crippen LogP contribution in [0.1, 0.15) is 56.9 Å². The lowest BCUT2D eigenvalue weighted by Crippen LogP contribution is -2.57. The summed E-state index contributed by atoms with van der Waals surface area (Å²) in [5.74, 6) is 1.07. The quantitative estimate of drug-likeness (QED) is 0.773. The van der Waals surface area contributed by atoms with Crippen molar-refractivity contribution in [2.45, 2.75) is 82.2 Å². The smallest absolute Gasteiger partial charge is 0.237 e. The fourth-order valence-electron chi connectivity index (χ4n) is 5.41. The molecule has 6 heteroatoms. The lowest BCUT2D eigenvalue weighted by atomic mass is 9.89. The minimum Gasteiger partial charge on any atom is -0.497 e. The SMILES string of the molecule is COc1cccc(CN(CC(=O)N2CCOC3CCCCC32)C2CCC(O)CC2)c1. The van der Waals surface area contributed by atoms with Crippen molar-refractivity contribution in [2.24, 2.45) is 0 Å². The predicted molar refractivity (Wildman–Crippen MR) is 115 cm³/mol. The number of benzene rings is 1. The van der Waals surface area contributed by atoms with Crippen LogP contribution in [0.25, 0.3) is 0 Å². The van der Waals surface area contributed by atoms with E-state index in [0.29, 0.717) is 25.7 Å². The van der Waals surface area contributed by atoms with Gasteiger partial charge in [0.05, 0.1) is 38.5 Å². The minimum atomic E-state index is -0.196. The first-order chi connectivity index (χ1) is 14.6. The number of aliphatic hydroxyl groups is 1. The molecule has 3 aliphatic rings. The topological polar surface area (TPSA) is 62.2 Å². The van der Waals surface area contributed by atoms with Crippen molar-refractivity contribution in [3.05, 3.63) is 29.8 Å². The van der Waals surface area contributed by atoms with Gasteiger partial charge in [-0.25, -0.2) is 0 Å². The molecule has 1 heterocycles. The summed E-state index contributed by atoms with van der Waals surface area (Å²) >= 11 is 0. The van der Waals surface area contributed by atoms with Gasteiger partial charge in [0.1, 0.15) is 5.75 Å². The molecule has 2 aliphatic carbocycles. The van der Waals surface area contributed by atoms with E-state index in [9.17, 15) is 9.90 Å². The molecule has 3 fully saturated rings. The van der Waals surface area contributed by atoms with Crippen molar-refractivity contribution < 1.29 is 19.4 Å². The Balaban J connectivity index is 1.47. The average Bonchev–Trinajstić information content (AvgIpc) is 2.79. The van der Waals surface area contributed by atoms with E-state index in [-0.39, 0.29) is 24.2 Å². The summed E-state index contributed by atoms with van der Waals surface area (Å²) in [5.41, 5.74) is 1.16. The third kappa shape index (κ3) is 5.16. The monoisotopic (exact) mass is 416 g/mol. The van der Waals surface area contributed by atoms with E-state index >= 15 is 0 Å². The Morgan fingerprint density at radius 3 is 2.80 bits per heavy atom. The number of rotatable bonds is 6. The molecule has 1 saturated heterocycles. The third-order valence-electron chi connectivity index (χ3n) is 7.09. The van der Waals surface area contributed by atoms with Crippen molar-refractivity contribution >= 4 is 5.91 Å². The summed E-state index contributed by atoms with van der Waals surface area (Å²) in [7, 11) is 1.68. The van der Waals surface area contributed by atoms with Crippen LogP contribution in [0.3, 0.4) is 0 Å². The maximum absolute atomic E-state index is 13.4. The highest BCUT2D eigenvalue weighted by molar-refractivity contribution is 5.79. The van der Waals surface area contributed by atoms with Gasteiger partial charge in [0, 0.05) is 19.1 Å². The van der Waals surface area contributed by atoms with Gasteiger partial charge in [-0.3, -0.25) is 9.69 Å². The molecule has 1 aliphatic heterocycles. The van der Waals surface area contributed by atoms with Crippen LogP contribution in [0.4, 0.5) is 0 Å². The molecule has 30 heavy (non-hydrogen) atoms. The van der Waals surface area contributed by atoms with E-state index in [0.717, 1.165) is 56.4 Å². The van der Waals surface area contributed by atoms with Crippen LogP contribution < -0.4 is 4.74 Å². The number of hydrogen-bond donors (Lipinski definition) is 1. The number of nitrogens with zero attached hydrogens (tertiary/aromatic N) is 2. The molecule has 166 valence electrons. The van der Waals surface area contributed by atoms with Crippen molar-refractivity contribution in [3.8, 4) is 5.75 Å². The molecule has 1 aromatic carbocycles. The Kier molecular flexibility index (Phi) is 7.28. The molecule has 1 N–H and O–H groups in total. The van der Waals surface area contributed by atoms with Gasteiger partial charge in [0.15, 0.2) is 0 Å². The van der Waals surface area contributed by atoms with E-state index in [2.05, 4.69) is 21.9 Å². The largest absolute Gasteiger partial charge is 0.497 e. The molecular formula is C24H36N2O4. The fraction of sp³-hybridized carbons (Fsp3) is 0.708. The van der Waals surface area contributed by atoms with E-state index < -0.39 is 0 Å². The van der Waals surface area contributed by atoms with Crippen LogP contribution in [0.2, 0.25) is 0 Å². The second-order valence-corrected chi connectivity index (χ2v) is 9.07. The molecule has 4 rings (SSSR count). The number of carbonyl (C=O) groups excluding carboxylic acids is 1. The molecule has 0 radical (unpaired) electrons. The van der Waals surface area contributed by atoms with Crippen LogP contribution in [-0.2, 0) is 16.1 Å². The number of methoxy groups -OCH3 is 1. The molecule has 0 bridgehead atoms. The van der Waals surface area contributed by atoms with Gasteiger partial charge in [-0.1, -0.05) is 25.0 Å². The Bertz CT molecular complexity index is 702. The number of hydrogen-bond acceptors (Lipinski definition) is 5. The summed E-state index contributed by atoms with van der Waals surface area (Å²) in [6, 6.07) is 8.68. The van der Waals surface area contributed by atoms with E-state index in [1.54, 1.807) is 7.11 Å². The summed E-state index contributed by atoms with van der Waals surface area (Å²) in [6.07, 6.45) is 8.04. The Hall–Kier alpha value is -1.63. The van der Waals surface area contributed by atoms with Crippen molar-refractivity contribution in [3.63, 3.8) is 0 Å². The summed E-state index contributed by atoms with van der Waals surface area (Å²) < 4.78 is 11.4. The first kappa shape index (κ1) is 21.6. The number of amides is 1. The van der Waals surface area contributed by atoms with Crippen LogP contribution in [0.5, 0.6) is 5.75 Å². The second-order valence-electron chi connectivity index (χ2n) is 9.07. The van der Waals surface area contributed by atoms with E-state index in [4.69, 9.17) is 9.47 Å². The highest BCUT2D eigenvalue weighted by Gasteiger charge is 2.37. The average molecular weight is 417 g/mol. The van der Waals surface area contributed by atoms with Crippen LogP contribution in [0, 0.1) is 0 Å². The van der Waals surface area contributed by atoms with E-state index in [1.165, 1.54) is 12.8 Å². The first-order valence-corrected chi connectivity index (χ1v) is 11.6. The predicted octanol–water partition coefficient (Wildman–Crippen LogP) is 2.97. The van der Waals surface area contributed by atoms with E-state index in [1.807, 2.05) is 12.1 Å². The first-order valence-electron chi connectivity index (χ1n) is 11.6. The highest BCUT2D eigenvalue weighted by atomic mass is 16.5. The maximum Gasteiger partial charge on any atom is 0.237 e. The lowest BCUT2D eigenvalue weighted by Gasteiger charge is -2.45. The zero-order valence-electron chi connectivity index (χ0n) is 18.2. The maximum atomic E-state index is 13.4. The van der Waals surface area contributed by atoms with Gasteiger partial charge < -0.3 is 19.5 Å². The molecule has 1 amide bonds. The number of aliphatic hydroxyl groups excluding tert-OH is 1. The molecule has 0 spiro atoms. The fourth-order valence-corrected chi connectivity index (χ4v) is 5.41. The van der Waals surface area contributed by atoms with Crippen molar-refractivity contribution in [1.29, 1.82) is 0 Å². The van der Waals surface area contributed by atoms with Gasteiger partial charge >= 0.3 is 0 Å². The van der Waals surface area contributed by atoms with Gasteiger partial charge in [-0.2, -0.15) is 0 Å². The van der Waals surface area contributed by atoms with Crippen LogP contribution in [-0.4, -0.2) is 71.9 Å². The Morgan fingerprint density at radius 1 is 1.20 bits per heavy atom. The number of fused-ring (bicyclic) bond motifs is 1. The molecule has 0 aromatic heterocycles. The summed E-state index contributed by atoms with van der Waals surface area (Å²) in [6.45, 7) is 2.51. The summed E-state index contributed by atoms with van der Waals surface area (Å²) in [4.78, 5) is 17.9. The van der Waals surface area contributed by atoms with Crippen molar-refractivity contribution in [2.75, 3.05) is 26.8 Å². The van der Waals surface area contributed by atoms with Crippen LogP contribution >= 0.6 is 0 Å². The molecule has 2 atom stereocenters. The van der Waals surface area contributed by atoms with Gasteiger partial charge in [0.2, 0.25) is 5.91 Å². The Labute approximate surface area is 180 Å². The normalized spacial score (nSPS) is 29.5. The zero-order chi connectivity index (χ0) is 20.9. The number of morpholine rings is 1. The second kappa shape index (κ2) is 10.1. The lowest BCUT2D eigenvalue weighted by molar-refractivity contribution is -0.151. The minimum absolute atomic E-state index is 0.196. The number of carbonyl (C=O) groups is 1. The van der Waals surface area contributed by atoms with Gasteiger partial charge in [-0.15, -0.1) is 0 Å². The van der Waals surface area contributed by atoms with Gasteiger partial charge in [0.25, 0.3) is 0 Å². The molecule has 2 saturated carbocycles. The Morgan fingerprint density at radius 2 is 2.00 bits per heavy atom. The summed E-state index contributed by atoms with van der Waals surface area (Å²) in [5, 5.41) is 9.96. The zero-order valence-corrected chi connectivity index (χ0v) is 18.2. The highest BCUT2D eigenvalue weighted by Crippen LogP contribution is 2.30. The molecule has 6 nitrogen and oxygen atoms in total. The molecule has 2 unspecified atom stereocenters. The standard InChI is InChI=1S/C24H36N2O4/c1-29-21-6-4-5-18(15-21)16-25(19-9-11-20(27)12-10-19)17-24(28)26-13-14-30-23-8-3-2-7-22(23)26/h4-6,15,19-20,22-23,27H,2-3,7-14,16-17H2,1H3. The molecular weight excluding hydrogens is 380 g/mol. The van der Waals surface area contributed by atoms with Crippen molar-refractivity contribution in [1.82, 2.24) is 9.80 Å².